The van der Waals surface area contributed by atoms with E-state index in [1.54, 1.807) is 0 Å². The monoisotopic (exact) mass is 210 g/mol. The molecule has 1 N–H and O–H groups in total. The number of halogens is 1. The van der Waals surface area contributed by atoms with Gasteiger partial charge in [0.2, 0.25) is 5.28 Å². The minimum absolute atomic E-state index is 0.457. The molecule has 1 aromatic carbocycles. The highest BCUT2D eigenvalue weighted by Gasteiger charge is 2.03. The number of benzene rings is 1. The first-order valence-corrected chi connectivity index (χ1v) is 5.17. The highest BCUT2D eigenvalue weighted by Crippen LogP contribution is 2.19. The van der Waals surface area contributed by atoms with Gasteiger partial charge in [0.05, 0.1) is 11.0 Å². The van der Waals surface area contributed by atoms with Crippen LogP contribution in [0, 0.1) is 13.8 Å². The van der Waals surface area contributed by atoms with E-state index < -0.39 is 0 Å². The predicted octanol–water partition coefficient (Wildman–Crippen LogP) is 3.86. The SMILES string of the molecule is CC.Cc1cc(C)c2nc(Cl)[nH]c2c1. The Morgan fingerprint density at radius 1 is 1.21 bits per heavy atom. The molecule has 2 nitrogen and oxygen atoms in total. The standard InChI is InChI=1S/C9H9ClN2.C2H6/c1-5-3-6(2)8-7(4-5)11-9(10)12-8;1-2/h3-4H,1-2H3,(H,11,12);1-2H3. The van der Waals surface area contributed by atoms with Gasteiger partial charge in [-0.25, -0.2) is 4.98 Å². The molecule has 0 radical (unpaired) electrons. The molecule has 0 unspecified atom stereocenters. The van der Waals surface area contributed by atoms with E-state index in [9.17, 15) is 0 Å². The number of rotatable bonds is 0. The van der Waals surface area contributed by atoms with Crippen molar-refractivity contribution in [3.8, 4) is 0 Å². The van der Waals surface area contributed by atoms with E-state index in [2.05, 4.69) is 23.0 Å². The average molecular weight is 211 g/mol. The molecule has 3 heteroatoms. The molecule has 0 aliphatic heterocycles. The molecule has 14 heavy (non-hydrogen) atoms. The Bertz CT molecular complexity index is 432. The van der Waals surface area contributed by atoms with Crippen LogP contribution >= 0.6 is 11.6 Å². The molecule has 2 aromatic rings. The molecule has 0 atom stereocenters. The molecule has 0 spiro atoms. The number of aryl methyl sites for hydroxylation is 2. The van der Waals surface area contributed by atoms with Gasteiger partial charge in [-0.2, -0.15) is 0 Å². The van der Waals surface area contributed by atoms with Gasteiger partial charge in [-0.3, -0.25) is 0 Å². The average Bonchev–Trinajstić information content (AvgIpc) is 2.49. The first-order valence-electron chi connectivity index (χ1n) is 4.79. The summed E-state index contributed by atoms with van der Waals surface area (Å²) >= 11 is 5.74. The minimum atomic E-state index is 0.457. The fraction of sp³-hybridized carbons (Fsp3) is 0.364. The predicted molar refractivity (Wildman–Crippen MR) is 61.9 cm³/mol. The molecule has 0 saturated carbocycles. The maximum Gasteiger partial charge on any atom is 0.201 e. The van der Waals surface area contributed by atoms with E-state index in [-0.39, 0.29) is 0 Å². The lowest BCUT2D eigenvalue weighted by atomic mass is 10.1. The Morgan fingerprint density at radius 2 is 1.86 bits per heavy atom. The second-order valence-electron chi connectivity index (χ2n) is 3.01. The van der Waals surface area contributed by atoms with Crippen LogP contribution in [0.1, 0.15) is 25.0 Å². The van der Waals surface area contributed by atoms with Crippen LogP contribution in [0.3, 0.4) is 0 Å². The van der Waals surface area contributed by atoms with Crippen LogP contribution in [0.5, 0.6) is 0 Å². The lowest BCUT2D eigenvalue weighted by molar-refractivity contribution is 1.34. The third-order valence-corrected chi connectivity index (χ3v) is 2.07. The Kier molecular flexibility index (Phi) is 3.53. The fourth-order valence-electron chi connectivity index (χ4n) is 1.44. The van der Waals surface area contributed by atoms with Gasteiger partial charge >= 0.3 is 0 Å². The van der Waals surface area contributed by atoms with Gasteiger partial charge in [-0.15, -0.1) is 0 Å². The van der Waals surface area contributed by atoms with Crippen molar-refractivity contribution in [1.29, 1.82) is 0 Å². The number of aromatic amines is 1. The lowest BCUT2D eigenvalue weighted by Gasteiger charge is -1.95. The summed E-state index contributed by atoms with van der Waals surface area (Å²) in [4.78, 5) is 7.16. The molecule has 0 aliphatic rings. The van der Waals surface area contributed by atoms with Gasteiger partial charge in [-0.1, -0.05) is 19.9 Å². The Balaban J connectivity index is 0.000000461. The maximum atomic E-state index is 5.74. The van der Waals surface area contributed by atoms with Gasteiger partial charge < -0.3 is 4.98 Å². The van der Waals surface area contributed by atoms with Crippen molar-refractivity contribution in [1.82, 2.24) is 9.97 Å². The number of nitrogens with zero attached hydrogens (tertiary/aromatic N) is 1. The summed E-state index contributed by atoms with van der Waals surface area (Å²) in [6.07, 6.45) is 0. The van der Waals surface area contributed by atoms with Gasteiger partial charge in [0, 0.05) is 0 Å². The summed E-state index contributed by atoms with van der Waals surface area (Å²) in [6, 6.07) is 4.14. The molecule has 0 aliphatic carbocycles. The zero-order chi connectivity index (χ0) is 10.7. The quantitative estimate of drug-likeness (QED) is 0.703. The van der Waals surface area contributed by atoms with Crippen LogP contribution in [-0.4, -0.2) is 9.97 Å². The molecular formula is C11H15ClN2. The van der Waals surface area contributed by atoms with Crippen molar-refractivity contribution >= 4 is 22.6 Å². The molecule has 0 saturated heterocycles. The highest BCUT2D eigenvalue weighted by molar-refractivity contribution is 6.29. The minimum Gasteiger partial charge on any atom is -0.329 e. The third kappa shape index (κ3) is 2.07. The Hall–Kier alpha value is -1.02. The number of imidazole rings is 1. The largest absolute Gasteiger partial charge is 0.329 e. The summed E-state index contributed by atoms with van der Waals surface area (Å²) in [5.74, 6) is 0. The van der Waals surface area contributed by atoms with Crippen LogP contribution in [0.25, 0.3) is 11.0 Å². The van der Waals surface area contributed by atoms with Crippen LogP contribution in [-0.2, 0) is 0 Å². The second-order valence-corrected chi connectivity index (χ2v) is 3.36. The molecule has 76 valence electrons. The Labute approximate surface area is 89.3 Å². The molecule has 0 fully saturated rings. The smallest absolute Gasteiger partial charge is 0.201 e. The summed E-state index contributed by atoms with van der Waals surface area (Å²) in [6.45, 7) is 8.09. The number of nitrogens with one attached hydrogen (secondary N) is 1. The normalized spacial score (nSPS) is 9.79. The summed E-state index contributed by atoms with van der Waals surface area (Å²) < 4.78 is 0. The Morgan fingerprint density at radius 3 is 2.50 bits per heavy atom. The zero-order valence-electron chi connectivity index (χ0n) is 8.98. The van der Waals surface area contributed by atoms with Gasteiger partial charge in [0.1, 0.15) is 0 Å². The van der Waals surface area contributed by atoms with E-state index in [1.165, 1.54) is 5.56 Å². The van der Waals surface area contributed by atoms with Crippen molar-refractivity contribution < 1.29 is 0 Å². The number of aromatic nitrogens is 2. The van der Waals surface area contributed by atoms with Gasteiger partial charge in [0.25, 0.3) is 0 Å². The van der Waals surface area contributed by atoms with Crippen LogP contribution in [0.2, 0.25) is 5.28 Å². The summed E-state index contributed by atoms with van der Waals surface area (Å²) in [5.41, 5.74) is 4.36. The topological polar surface area (TPSA) is 28.7 Å². The van der Waals surface area contributed by atoms with Gasteiger partial charge in [-0.05, 0) is 42.6 Å². The number of fused-ring (bicyclic) bond motifs is 1. The molecule has 0 amide bonds. The maximum absolute atomic E-state index is 5.74. The van der Waals surface area contributed by atoms with Crippen molar-refractivity contribution in [2.45, 2.75) is 27.7 Å². The first-order chi connectivity index (χ1) is 6.66. The molecular weight excluding hydrogens is 196 g/mol. The first kappa shape index (κ1) is 11.1. The van der Waals surface area contributed by atoms with Crippen molar-refractivity contribution in [2.75, 3.05) is 0 Å². The van der Waals surface area contributed by atoms with E-state index in [0.29, 0.717) is 5.28 Å². The van der Waals surface area contributed by atoms with Crippen LogP contribution in [0.4, 0.5) is 0 Å². The van der Waals surface area contributed by atoms with E-state index in [0.717, 1.165) is 16.6 Å². The molecule has 1 heterocycles. The van der Waals surface area contributed by atoms with E-state index in [1.807, 2.05) is 26.8 Å². The highest BCUT2D eigenvalue weighted by atomic mass is 35.5. The summed E-state index contributed by atoms with van der Waals surface area (Å²) in [5, 5.41) is 0.457. The zero-order valence-corrected chi connectivity index (χ0v) is 9.74. The fourth-order valence-corrected chi connectivity index (χ4v) is 1.63. The van der Waals surface area contributed by atoms with Crippen molar-refractivity contribution in [3.05, 3.63) is 28.5 Å². The number of hydrogen-bond acceptors (Lipinski definition) is 1. The van der Waals surface area contributed by atoms with Crippen LogP contribution < -0.4 is 0 Å². The van der Waals surface area contributed by atoms with Crippen LogP contribution in [0.15, 0.2) is 12.1 Å². The lowest BCUT2D eigenvalue weighted by Crippen LogP contribution is -1.79. The van der Waals surface area contributed by atoms with Crippen molar-refractivity contribution in [2.24, 2.45) is 0 Å². The second kappa shape index (κ2) is 4.47. The number of hydrogen-bond donors (Lipinski definition) is 1. The van der Waals surface area contributed by atoms with E-state index >= 15 is 0 Å². The van der Waals surface area contributed by atoms with Crippen molar-refractivity contribution in [3.63, 3.8) is 0 Å². The number of H-pyrrole nitrogens is 1. The molecule has 2 rings (SSSR count). The third-order valence-electron chi connectivity index (χ3n) is 1.89. The van der Waals surface area contributed by atoms with E-state index in [4.69, 9.17) is 11.6 Å². The summed E-state index contributed by atoms with van der Waals surface area (Å²) in [7, 11) is 0. The molecule has 0 bridgehead atoms. The molecule has 1 aromatic heterocycles. The van der Waals surface area contributed by atoms with Gasteiger partial charge in [0.15, 0.2) is 0 Å².